The summed E-state index contributed by atoms with van der Waals surface area (Å²) in [6.45, 7) is 4.89. The molecule has 0 aliphatic rings. The number of hydrogen-bond acceptors (Lipinski definition) is 0. The molecule has 4 heteroatoms. The number of fused-ring (bicyclic) bond motifs is 4. The summed E-state index contributed by atoms with van der Waals surface area (Å²) in [5.41, 5.74) is 1.77. The van der Waals surface area contributed by atoms with Gasteiger partial charge in [0.1, 0.15) is 0 Å². The van der Waals surface area contributed by atoms with E-state index in [1.807, 2.05) is 72.8 Å². The van der Waals surface area contributed by atoms with Crippen molar-refractivity contribution in [1.29, 1.82) is 0 Å². The molecule has 8 aromatic rings. The van der Waals surface area contributed by atoms with E-state index >= 15 is 0 Å². The van der Waals surface area contributed by atoms with Crippen LogP contribution in [-0.2, 0) is 44.8 Å². The zero-order valence-electron chi connectivity index (χ0n) is 29.2. The van der Waals surface area contributed by atoms with Crippen molar-refractivity contribution in [3.63, 3.8) is 0 Å². The van der Waals surface area contributed by atoms with Crippen LogP contribution >= 0.6 is 15.8 Å². The predicted octanol–water partition coefficient (Wildman–Crippen LogP) is 11.2. The zero-order chi connectivity index (χ0) is 34.7. The van der Waals surface area contributed by atoms with E-state index in [0.717, 1.165) is 54.2 Å². The Balaban J connectivity index is 0.000000171. The Morgan fingerprint density at radius 2 is 0.635 bits per heavy atom. The average molecular weight is 895 g/mol. The van der Waals surface area contributed by atoms with Crippen molar-refractivity contribution in [2.75, 3.05) is 25.7 Å². The fourth-order valence-electron chi connectivity index (χ4n) is 6.41. The number of hydrogen-bond donors (Lipinski definition) is 0. The topological polar surface area (TPSA) is 0 Å². The summed E-state index contributed by atoms with van der Waals surface area (Å²) in [7, 11) is -0.688. The molecular weight excluding hydrogens is 854 g/mol. The molecule has 2 atom stereocenters. The summed E-state index contributed by atoms with van der Waals surface area (Å²) >= 11 is 0. The molecule has 0 N–H and O–H groups in total. The van der Waals surface area contributed by atoms with Crippen LogP contribution in [0.15, 0.2) is 170 Å². The first kappa shape index (κ1) is 41.0. The smallest absolute Gasteiger partial charge is 0.366 e. The summed E-state index contributed by atoms with van der Waals surface area (Å²) in [6.07, 6.45) is 17.7. The minimum absolute atomic E-state index is 0. The molecule has 0 fully saturated rings. The van der Waals surface area contributed by atoms with E-state index in [9.17, 15) is 0 Å². The Hall–Kier alpha value is -3.74. The van der Waals surface area contributed by atoms with Gasteiger partial charge in [-0.25, -0.2) is 0 Å². The Kier molecular flexibility index (Phi) is 16.2. The van der Waals surface area contributed by atoms with Gasteiger partial charge in [0.15, 0.2) is 0 Å². The fourth-order valence-corrected chi connectivity index (χ4v) is 11.5. The van der Waals surface area contributed by atoms with Gasteiger partial charge in [-0.05, 0) is 57.9 Å². The molecule has 0 amide bonds. The van der Waals surface area contributed by atoms with Crippen LogP contribution < -0.4 is 10.6 Å². The average Bonchev–Trinajstić information content (AvgIpc) is 3.19. The largest absolute Gasteiger partial charge is 1.00 e. The fraction of sp³-hybridized carbons (Fsp3) is 0.0833. The molecule has 0 radical (unpaired) electrons. The molecule has 0 nitrogen and oxygen atoms in total. The van der Waals surface area contributed by atoms with Crippen LogP contribution in [0.5, 0.6) is 0 Å². The van der Waals surface area contributed by atoms with Gasteiger partial charge in [0.25, 0.3) is 0 Å². The maximum Gasteiger partial charge on any atom is 1.00 e. The summed E-state index contributed by atoms with van der Waals surface area (Å²) < 4.78 is 0. The van der Waals surface area contributed by atoms with Gasteiger partial charge in [-0.1, -0.05) is 155 Å². The van der Waals surface area contributed by atoms with Crippen molar-refractivity contribution < 1.29 is 44.8 Å². The Morgan fingerprint density at radius 1 is 0.385 bits per heavy atom. The van der Waals surface area contributed by atoms with Crippen LogP contribution in [0.25, 0.3) is 43.1 Å². The number of rotatable bonds is 5. The Bertz CT molecular complexity index is 2160. The van der Waals surface area contributed by atoms with Gasteiger partial charge in [0, 0.05) is 15.8 Å². The Labute approximate surface area is 343 Å². The first-order valence-electron chi connectivity index (χ1n) is 17.0. The van der Waals surface area contributed by atoms with Crippen LogP contribution in [0.2, 0.25) is 0 Å². The zero-order valence-corrected chi connectivity index (χ0v) is 34.1. The van der Waals surface area contributed by atoms with Gasteiger partial charge in [-0.2, -0.15) is 0 Å². The molecule has 0 saturated heterocycles. The summed E-state index contributed by atoms with van der Waals surface area (Å²) in [6, 6.07) is 58.9. The quantitative estimate of drug-likeness (QED) is 0.0531. The molecule has 8 rings (SSSR count). The molecular formula is C48H40Ag2P2+2. The van der Waals surface area contributed by atoms with Crippen LogP contribution in [0.4, 0.5) is 0 Å². The van der Waals surface area contributed by atoms with E-state index in [1.165, 1.54) is 12.3 Å². The monoisotopic (exact) mass is 892 g/mol. The first-order chi connectivity index (χ1) is 24.6. The molecule has 0 saturated carbocycles. The van der Waals surface area contributed by atoms with E-state index < -0.39 is 0 Å². The second-order valence-electron chi connectivity index (χ2n) is 12.4. The standard InChI is InChI=1S/C16H20P2.2C16H9.2Ag/c1-17(15-9-5-3-6-10-15)13-14-18(2)16-11-7-4-8-12-16;2*1-2-14-15-9-5-3-7-12(15)11-13-8-4-6-10-16(13)14;;/h3-12H,13-14H2,1-2H3;2*3-11H;;/q;2*-1;2*+1/p+2. The molecule has 2 unspecified atom stereocenters. The second-order valence-corrected chi connectivity index (χ2v) is 17.7. The van der Waals surface area contributed by atoms with Crippen molar-refractivity contribution in [1.82, 2.24) is 0 Å². The maximum atomic E-state index is 7.46. The maximum absolute atomic E-state index is 7.46. The van der Waals surface area contributed by atoms with Gasteiger partial charge in [0.05, 0.1) is 36.3 Å². The molecule has 0 aliphatic carbocycles. The van der Waals surface area contributed by atoms with Crippen molar-refractivity contribution in [2.45, 2.75) is 0 Å². The third-order valence-electron chi connectivity index (χ3n) is 9.20. The first-order valence-corrected chi connectivity index (χ1v) is 21.4. The van der Waals surface area contributed by atoms with E-state index in [1.54, 1.807) is 10.6 Å². The van der Waals surface area contributed by atoms with Crippen molar-refractivity contribution in [3.8, 4) is 11.8 Å². The van der Waals surface area contributed by atoms with Crippen LogP contribution in [-0.4, -0.2) is 25.7 Å². The summed E-state index contributed by atoms with van der Waals surface area (Å²) in [5.74, 6) is 5.13. The van der Waals surface area contributed by atoms with Gasteiger partial charge in [-0.15, -0.1) is 11.1 Å². The van der Waals surface area contributed by atoms with Crippen molar-refractivity contribution in [2.24, 2.45) is 0 Å². The van der Waals surface area contributed by atoms with Crippen molar-refractivity contribution in [3.05, 3.63) is 194 Å². The Morgan fingerprint density at radius 3 is 0.904 bits per heavy atom. The minimum Gasteiger partial charge on any atom is -0.366 e. The molecule has 262 valence electrons. The van der Waals surface area contributed by atoms with Crippen LogP contribution in [0.1, 0.15) is 11.1 Å². The second kappa shape index (κ2) is 20.5. The molecule has 52 heavy (non-hydrogen) atoms. The minimum atomic E-state index is -0.344. The molecule has 0 spiro atoms. The van der Waals surface area contributed by atoms with E-state index in [4.69, 9.17) is 12.8 Å². The van der Waals surface area contributed by atoms with Crippen LogP contribution in [0, 0.1) is 24.7 Å². The predicted molar refractivity (Wildman–Crippen MR) is 226 cm³/mol. The van der Waals surface area contributed by atoms with Crippen molar-refractivity contribution >= 4 is 69.5 Å². The van der Waals surface area contributed by atoms with Gasteiger partial charge in [-0.3, -0.25) is 11.8 Å². The van der Waals surface area contributed by atoms with E-state index in [-0.39, 0.29) is 60.6 Å². The third-order valence-corrected chi connectivity index (χ3v) is 14.3. The summed E-state index contributed by atoms with van der Waals surface area (Å²) in [4.78, 5) is 0. The molecule has 0 aliphatic heterocycles. The molecule has 0 heterocycles. The summed E-state index contributed by atoms with van der Waals surface area (Å²) in [5, 5.41) is 12.2. The molecule has 0 bridgehead atoms. The van der Waals surface area contributed by atoms with Crippen LogP contribution in [0.3, 0.4) is 0 Å². The molecule has 8 aromatic carbocycles. The van der Waals surface area contributed by atoms with E-state index in [0.29, 0.717) is 0 Å². The van der Waals surface area contributed by atoms with Gasteiger partial charge >= 0.3 is 44.8 Å². The normalized spacial score (nSPS) is 11.3. The molecule has 0 aromatic heterocycles. The van der Waals surface area contributed by atoms with Gasteiger partial charge in [0.2, 0.25) is 0 Å². The SMILES string of the molecule is C[PH+](CC[PH+](C)c1ccccc1)c1ccccc1.[Ag+].[Ag+].[C-]#Cc1c2ccccc2cc2ccccc12.[C-]#Cc1c2ccccc2cc2ccccc12. The van der Waals surface area contributed by atoms with Gasteiger partial charge < -0.3 is 12.8 Å². The third kappa shape index (κ3) is 10.0. The number of benzene rings is 8. The van der Waals surface area contributed by atoms with E-state index in [2.05, 4.69) is 122 Å².